The number of methoxy groups -OCH3 is 1. The Kier molecular flexibility index (Phi) is 6.63. The zero-order valence-corrected chi connectivity index (χ0v) is 16.2. The molecule has 0 spiro atoms. The van der Waals surface area contributed by atoms with E-state index in [1.807, 2.05) is 48.5 Å². The quantitative estimate of drug-likeness (QED) is 0.618. The first-order valence-corrected chi connectivity index (χ1v) is 9.33. The molecule has 2 N–H and O–H groups in total. The second-order valence-corrected chi connectivity index (χ2v) is 6.60. The normalized spacial score (nSPS) is 11.5. The van der Waals surface area contributed by atoms with Crippen molar-refractivity contribution in [3.8, 4) is 5.75 Å². The van der Waals surface area contributed by atoms with E-state index in [0.29, 0.717) is 12.1 Å². The third kappa shape index (κ3) is 5.33. The van der Waals surface area contributed by atoms with Crippen LogP contribution < -0.4 is 15.4 Å². The van der Waals surface area contributed by atoms with Crippen molar-refractivity contribution in [3.05, 3.63) is 89.7 Å². The molecule has 28 heavy (non-hydrogen) atoms. The van der Waals surface area contributed by atoms with E-state index in [2.05, 4.69) is 34.7 Å². The summed E-state index contributed by atoms with van der Waals surface area (Å²) in [6.45, 7) is 2.63. The van der Waals surface area contributed by atoms with Crippen LogP contribution in [0.1, 0.15) is 34.5 Å². The maximum absolute atomic E-state index is 12.5. The molecule has 1 heterocycles. The van der Waals surface area contributed by atoms with Crippen LogP contribution in [0.5, 0.6) is 5.75 Å². The maximum Gasteiger partial charge on any atom is 0.252 e. The summed E-state index contributed by atoms with van der Waals surface area (Å²) < 4.78 is 5.23. The standard InChI is InChI=1S/C23H25N3O2/c1-17(19-8-4-3-5-9-19)26-21-14-20(15-24-16-21)23(27)25-12-11-18-7-6-10-22(13-18)28-2/h3-10,13-17,26H,11-12H2,1-2H3,(H,25,27). The van der Waals surface area contributed by atoms with Gasteiger partial charge in [-0.05, 0) is 42.7 Å². The van der Waals surface area contributed by atoms with Gasteiger partial charge in [0.25, 0.3) is 5.91 Å². The summed E-state index contributed by atoms with van der Waals surface area (Å²) in [7, 11) is 1.65. The minimum Gasteiger partial charge on any atom is -0.497 e. The number of nitrogens with zero attached hydrogens (tertiary/aromatic N) is 1. The average Bonchev–Trinajstić information content (AvgIpc) is 2.74. The first-order chi connectivity index (χ1) is 13.7. The van der Waals surface area contributed by atoms with Crippen molar-refractivity contribution in [1.82, 2.24) is 10.3 Å². The van der Waals surface area contributed by atoms with Gasteiger partial charge in [-0.2, -0.15) is 0 Å². The summed E-state index contributed by atoms with van der Waals surface area (Å²) >= 11 is 0. The molecular formula is C23H25N3O2. The summed E-state index contributed by atoms with van der Waals surface area (Å²) in [6.07, 6.45) is 4.05. The van der Waals surface area contributed by atoms with E-state index in [1.54, 1.807) is 19.5 Å². The lowest BCUT2D eigenvalue weighted by atomic mass is 10.1. The molecule has 1 atom stereocenters. The molecule has 0 aliphatic heterocycles. The lowest BCUT2D eigenvalue weighted by Gasteiger charge is -2.16. The second kappa shape index (κ2) is 9.55. The number of ether oxygens (including phenoxy) is 1. The molecule has 2 aromatic carbocycles. The Bertz CT molecular complexity index is 912. The molecule has 0 bridgehead atoms. The van der Waals surface area contributed by atoms with Crippen molar-refractivity contribution >= 4 is 11.6 Å². The van der Waals surface area contributed by atoms with E-state index in [0.717, 1.165) is 23.4 Å². The molecule has 144 valence electrons. The Hall–Kier alpha value is -3.34. The van der Waals surface area contributed by atoms with Crippen molar-refractivity contribution in [2.24, 2.45) is 0 Å². The van der Waals surface area contributed by atoms with Gasteiger partial charge in [0.2, 0.25) is 0 Å². The number of pyridine rings is 1. The van der Waals surface area contributed by atoms with Crippen LogP contribution in [0, 0.1) is 0 Å². The van der Waals surface area contributed by atoms with Gasteiger partial charge in [-0.25, -0.2) is 0 Å². The smallest absolute Gasteiger partial charge is 0.252 e. The summed E-state index contributed by atoms with van der Waals surface area (Å²) in [5.41, 5.74) is 3.65. The number of aromatic nitrogens is 1. The Morgan fingerprint density at radius 2 is 1.89 bits per heavy atom. The molecule has 0 radical (unpaired) electrons. The van der Waals surface area contributed by atoms with Crippen LogP contribution in [-0.4, -0.2) is 24.5 Å². The Morgan fingerprint density at radius 1 is 1.07 bits per heavy atom. The first-order valence-electron chi connectivity index (χ1n) is 9.33. The predicted molar refractivity (Wildman–Crippen MR) is 112 cm³/mol. The van der Waals surface area contributed by atoms with Gasteiger partial charge in [0.05, 0.1) is 18.4 Å². The van der Waals surface area contributed by atoms with Crippen LogP contribution in [0.2, 0.25) is 0 Å². The van der Waals surface area contributed by atoms with Crippen LogP contribution in [-0.2, 0) is 6.42 Å². The zero-order valence-electron chi connectivity index (χ0n) is 16.2. The van der Waals surface area contributed by atoms with Gasteiger partial charge in [-0.15, -0.1) is 0 Å². The molecular weight excluding hydrogens is 350 g/mol. The largest absolute Gasteiger partial charge is 0.497 e. The molecule has 1 unspecified atom stereocenters. The highest BCUT2D eigenvalue weighted by atomic mass is 16.5. The molecule has 5 heteroatoms. The summed E-state index contributed by atoms with van der Waals surface area (Å²) in [5, 5.41) is 6.34. The molecule has 0 aliphatic carbocycles. The van der Waals surface area contributed by atoms with Crippen molar-refractivity contribution < 1.29 is 9.53 Å². The predicted octanol–water partition coefficient (Wildman–Crippen LogP) is 4.24. The van der Waals surface area contributed by atoms with Gasteiger partial charge in [-0.3, -0.25) is 9.78 Å². The monoisotopic (exact) mass is 375 g/mol. The summed E-state index contributed by atoms with van der Waals surface area (Å²) in [6, 6.07) is 20.0. The highest BCUT2D eigenvalue weighted by molar-refractivity contribution is 5.94. The van der Waals surface area contributed by atoms with E-state index in [-0.39, 0.29) is 11.9 Å². The summed E-state index contributed by atoms with van der Waals surface area (Å²) in [5.74, 6) is 0.686. The van der Waals surface area contributed by atoms with Crippen LogP contribution in [0.25, 0.3) is 0 Å². The molecule has 1 amide bonds. The van der Waals surface area contributed by atoms with Gasteiger partial charge in [0, 0.05) is 25.0 Å². The fraction of sp³-hybridized carbons (Fsp3) is 0.217. The number of anilines is 1. The highest BCUT2D eigenvalue weighted by Gasteiger charge is 2.09. The lowest BCUT2D eigenvalue weighted by Crippen LogP contribution is -2.26. The van der Waals surface area contributed by atoms with Gasteiger partial charge in [-0.1, -0.05) is 42.5 Å². The highest BCUT2D eigenvalue weighted by Crippen LogP contribution is 2.19. The van der Waals surface area contributed by atoms with E-state index in [4.69, 9.17) is 4.74 Å². The number of carbonyl (C=O) groups excluding carboxylic acids is 1. The maximum atomic E-state index is 12.5. The lowest BCUT2D eigenvalue weighted by molar-refractivity contribution is 0.0954. The molecule has 0 aliphatic rings. The molecule has 3 rings (SSSR count). The van der Waals surface area contributed by atoms with Crippen LogP contribution in [0.4, 0.5) is 5.69 Å². The van der Waals surface area contributed by atoms with Crippen LogP contribution in [0.3, 0.4) is 0 Å². The molecule has 0 fully saturated rings. The van der Waals surface area contributed by atoms with Crippen LogP contribution in [0.15, 0.2) is 73.1 Å². The first kappa shape index (κ1) is 19.4. The number of carbonyl (C=O) groups is 1. The molecule has 0 saturated heterocycles. The van der Waals surface area contributed by atoms with Crippen molar-refractivity contribution in [3.63, 3.8) is 0 Å². The zero-order chi connectivity index (χ0) is 19.8. The third-order valence-electron chi connectivity index (χ3n) is 4.52. The summed E-state index contributed by atoms with van der Waals surface area (Å²) in [4.78, 5) is 16.7. The Balaban J connectivity index is 1.56. The number of hydrogen-bond acceptors (Lipinski definition) is 4. The van der Waals surface area contributed by atoms with E-state index < -0.39 is 0 Å². The SMILES string of the molecule is COc1cccc(CCNC(=O)c2cncc(NC(C)c3ccccc3)c2)c1. The van der Waals surface area contributed by atoms with Gasteiger partial charge >= 0.3 is 0 Å². The number of hydrogen-bond donors (Lipinski definition) is 2. The van der Waals surface area contributed by atoms with E-state index in [1.165, 1.54) is 5.56 Å². The van der Waals surface area contributed by atoms with Crippen molar-refractivity contribution in [2.75, 3.05) is 19.0 Å². The minimum atomic E-state index is -0.133. The Morgan fingerprint density at radius 3 is 2.68 bits per heavy atom. The van der Waals surface area contributed by atoms with E-state index in [9.17, 15) is 4.79 Å². The van der Waals surface area contributed by atoms with E-state index >= 15 is 0 Å². The van der Waals surface area contributed by atoms with Crippen LogP contribution >= 0.6 is 0 Å². The van der Waals surface area contributed by atoms with Crippen molar-refractivity contribution in [1.29, 1.82) is 0 Å². The molecule has 1 aromatic heterocycles. The molecule has 0 saturated carbocycles. The number of amides is 1. The fourth-order valence-corrected chi connectivity index (χ4v) is 2.97. The van der Waals surface area contributed by atoms with Gasteiger partial charge < -0.3 is 15.4 Å². The molecule has 3 aromatic rings. The number of benzene rings is 2. The topological polar surface area (TPSA) is 63.2 Å². The van der Waals surface area contributed by atoms with Gasteiger partial charge in [0.1, 0.15) is 5.75 Å². The molecule has 5 nitrogen and oxygen atoms in total. The number of rotatable bonds is 8. The third-order valence-corrected chi connectivity index (χ3v) is 4.52. The second-order valence-electron chi connectivity index (χ2n) is 6.60. The Labute approximate surface area is 165 Å². The minimum absolute atomic E-state index is 0.120. The average molecular weight is 375 g/mol. The van der Waals surface area contributed by atoms with Crippen molar-refractivity contribution in [2.45, 2.75) is 19.4 Å². The number of nitrogens with one attached hydrogen (secondary N) is 2. The van der Waals surface area contributed by atoms with Gasteiger partial charge in [0.15, 0.2) is 0 Å². The fourth-order valence-electron chi connectivity index (χ4n) is 2.97.